The molecule has 4 aliphatic rings. The van der Waals surface area contributed by atoms with Gasteiger partial charge in [-0.3, -0.25) is 9.97 Å². The fourth-order valence-corrected chi connectivity index (χ4v) is 10.9. The van der Waals surface area contributed by atoms with Crippen LogP contribution in [0.3, 0.4) is 0 Å². The smallest absolute Gasteiger partial charge is 0.0963 e. The van der Waals surface area contributed by atoms with E-state index in [1.165, 1.54) is 72.4 Å². The van der Waals surface area contributed by atoms with Crippen molar-refractivity contribution < 1.29 is 0 Å². The van der Waals surface area contributed by atoms with Gasteiger partial charge in [-0.1, -0.05) is 127 Å². The van der Waals surface area contributed by atoms with Crippen LogP contribution >= 0.6 is 0 Å². The lowest BCUT2D eigenvalue weighted by atomic mass is 9.68. The number of anilines is 2. The molecule has 0 radical (unpaired) electrons. The zero-order valence-electron chi connectivity index (χ0n) is 30.9. The lowest BCUT2D eigenvalue weighted by Gasteiger charge is -2.35. The number of nitrogens with zero attached hydrogens (tertiary/aromatic N) is 4. The van der Waals surface area contributed by atoms with Crippen molar-refractivity contribution in [3.05, 3.63) is 228 Å². The number of hydrogen-bond donors (Lipinski definition) is 0. The average molecular weight is 727 g/mol. The molecule has 0 bridgehead atoms. The summed E-state index contributed by atoms with van der Waals surface area (Å²) < 4.78 is 2.31. The number of hydrogen-bond acceptors (Lipinski definition) is 3. The van der Waals surface area contributed by atoms with Gasteiger partial charge in [0.25, 0.3) is 0 Å². The van der Waals surface area contributed by atoms with Gasteiger partial charge in [-0.05, 0) is 110 Å². The van der Waals surface area contributed by atoms with Crippen molar-refractivity contribution in [2.24, 2.45) is 0 Å². The first-order valence-electron chi connectivity index (χ1n) is 19.8. The van der Waals surface area contributed by atoms with Crippen LogP contribution < -0.4 is 4.90 Å². The third kappa shape index (κ3) is 3.96. The van der Waals surface area contributed by atoms with E-state index in [1.54, 1.807) is 0 Å². The fourth-order valence-electron chi connectivity index (χ4n) is 10.9. The highest BCUT2D eigenvalue weighted by Gasteiger charge is 2.56. The molecule has 4 heteroatoms. The van der Waals surface area contributed by atoms with Crippen molar-refractivity contribution >= 4 is 38.9 Å². The Hall–Kier alpha value is -7.30. The van der Waals surface area contributed by atoms with Crippen LogP contribution in [-0.2, 0) is 5.41 Å². The van der Waals surface area contributed by atoms with Crippen molar-refractivity contribution in [1.29, 1.82) is 0 Å². The molecule has 0 N–H and O–H groups in total. The van der Waals surface area contributed by atoms with E-state index in [9.17, 15) is 0 Å². The van der Waals surface area contributed by atoms with E-state index >= 15 is 0 Å². The highest BCUT2D eigenvalue weighted by Crippen LogP contribution is 2.66. The van der Waals surface area contributed by atoms with Crippen molar-refractivity contribution in [3.8, 4) is 27.9 Å². The fraction of sp³-hybridized carbons (Fsp3) is 0.0566. The number of para-hydroxylation sites is 1. The van der Waals surface area contributed by atoms with Crippen LogP contribution in [0.15, 0.2) is 200 Å². The molecule has 0 saturated heterocycles. The van der Waals surface area contributed by atoms with Crippen LogP contribution in [0.5, 0.6) is 0 Å². The molecule has 0 fully saturated rings. The maximum absolute atomic E-state index is 5.17. The molecule has 4 heterocycles. The first-order valence-corrected chi connectivity index (χ1v) is 19.8. The van der Waals surface area contributed by atoms with Gasteiger partial charge in [-0.25, -0.2) is 0 Å². The first kappa shape index (κ1) is 31.0. The predicted octanol–water partition coefficient (Wildman–Crippen LogP) is 12.2. The summed E-state index contributed by atoms with van der Waals surface area (Å²) in [5.74, 6) is 0.0879. The summed E-state index contributed by atoms with van der Waals surface area (Å²) in [6.07, 6.45) is 8.76. The predicted molar refractivity (Wildman–Crippen MR) is 231 cm³/mol. The van der Waals surface area contributed by atoms with Crippen molar-refractivity contribution in [2.75, 3.05) is 4.90 Å². The SMILES string of the molecule is C1=CC2C(C3=C1C1(c4ccccc43)c3ccccc3-c3ccccc31)c1ncccc1N2c1ccc(-c2ccc(-n3c4ccccc4c4ncccc43)cc2)cc1. The molecular weight excluding hydrogens is 693 g/mol. The largest absolute Gasteiger partial charge is 0.332 e. The number of rotatable bonds is 3. The molecule has 4 nitrogen and oxygen atoms in total. The molecule has 266 valence electrons. The number of benzene rings is 6. The van der Waals surface area contributed by atoms with E-state index in [2.05, 4.69) is 185 Å². The molecule has 3 aromatic heterocycles. The van der Waals surface area contributed by atoms with Crippen molar-refractivity contribution in [1.82, 2.24) is 14.5 Å². The quantitative estimate of drug-likeness (QED) is 0.182. The van der Waals surface area contributed by atoms with Gasteiger partial charge in [0.15, 0.2) is 0 Å². The summed E-state index contributed by atoms with van der Waals surface area (Å²) in [7, 11) is 0. The first-order chi connectivity index (χ1) is 28.3. The zero-order chi connectivity index (χ0) is 37.2. The van der Waals surface area contributed by atoms with Crippen LogP contribution in [0.2, 0.25) is 0 Å². The third-order valence-corrected chi connectivity index (χ3v) is 13.1. The monoisotopic (exact) mass is 726 g/mol. The van der Waals surface area contributed by atoms with Gasteiger partial charge in [0.2, 0.25) is 0 Å². The minimum absolute atomic E-state index is 0.0879. The Morgan fingerprint density at radius 3 is 1.81 bits per heavy atom. The lowest BCUT2D eigenvalue weighted by Crippen LogP contribution is -2.32. The molecule has 13 rings (SSSR count). The Bertz CT molecular complexity index is 3100. The second-order valence-corrected chi connectivity index (χ2v) is 15.6. The normalized spacial score (nSPS) is 17.8. The molecule has 6 aromatic carbocycles. The van der Waals surface area contributed by atoms with Crippen LogP contribution in [0.25, 0.3) is 55.5 Å². The van der Waals surface area contributed by atoms with E-state index < -0.39 is 0 Å². The minimum atomic E-state index is -0.363. The van der Waals surface area contributed by atoms with Gasteiger partial charge >= 0.3 is 0 Å². The Morgan fingerprint density at radius 1 is 0.491 bits per heavy atom. The van der Waals surface area contributed by atoms with Gasteiger partial charge in [0.05, 0.1) is 45.3 Å². The third-order valence-electron chi connectivity index (χ3n) is 13.1. The van der Waals surface area contributed by atoms with Crippen LogP contribution in [0, 0.1) is 0 Å². The number of fused-ring (bicyclic) bond motifs is 16. The summed E-state index contributed by atoms with van der Waals surface area (Å²) in [5.41, 5.74) is 20.8. The lowest BCUT2D eigenvalue weighted by molar-refractivity contribution is 0.725. The summed E-state index contributed by atoms with van der Waals surface area (Å²) in [6, 6.07) is 62.3. The van der Waals surface area contributed by atoms with E-state index in [-0.39, 0.29) is 17.4 Å². The average Bonchev–Trinajstić information content (AvgIpc) is 3.99. The summed E-state index contributed by atoms with van der Waals surface area (Å²) in [4.78, 5) is 12.4. The van der Waals surface area contributed by atoms with Gasteiger partial charge in [0.1, 0.15) is 0 Å². The molecular formula is C53H34N4. The number of pyridine rings is 2. The second kappa shape index (κ2) is 11.4. The van der Waals surface area contributed by atoms with Gasteiger partial charge in [-0.15, -0.1) is 0 Å². The molecule has 1 spiro atoms. The van der Waals surface area contributed by atoms with E-state index in [0.29, 0.717) is 0 Å². The van der Waals surface area contributed by atoms with Gasteiger partial charge in [-0.2, -0.15) is 0 Å². The van der Waals surface area contributed by atoms with E-state index in [0.717, 1.165) is 27.9 Å². The highest BCUT2D eigenvalue weighted by atomic mass is 15.2. The zero-order valence-corrected chi connectivity index (χ0v) is 30.9. The summed E-state index contributed by atoms with van der Waals surface area (Å²) >= 11 is 0. The Balaban J connectivity index is 0.897. The summed E-state index contributed by atoms with van der Waals surface area (Å²) in [6.45, 7) is 0. The topological polar surface area (TPSA) is 34.0 Å². The number of allylic oxidation sites excluding steroid dienone is 2. The molecule has 1 aliphatic heterocycles. The Morgan fingerprint density at radius 2 is 1.07 bits per heavy atom. The minimum Gasteiger partial charge on any atom is -0.332 e. The standard InChI is InChI=1S/C53H34N4/c1-5-15-41-37(11-1)38-12-2-6-16-42(38)53(41)43-17-7-3-13-39(43)49-44(53)29-30-46-50(49)52-48(20-10-32-55-52)57(46)36-27-23-34(24-28-36)33-21-25-35(26-22-33)56-45-18-8-4-14-40(45)51-47(56)19-9-31-54-51/h1-32,46,50H. The van der Waals surface area contributed by atoms with Crippen molar-refractivity contribution in [2.45, 2.75) is 17.4 Å². The molecule has 0 amide bonds. The van der Waals surface area contributed by atoms with Crippen LogP contribution in [0.4, 0.5) is 11.4 Å². The van der Waals surface area contributed by atoms with Gasteiger partial charge in [0, 0.05) is 29.2 Å². The van der Waals surface area contributed by atoms with E-state index in [1.807, 2.05) is 18.5 Å². The van der Waals surface area contributed by atoms with Crippen LogP contribution in [0.1, 0.15) is 33.9 Å². The summed E-state index contributed by atoms with van der Waals surface area (Å²) in [5, 5.41) is 1.17. The van der Waals surface area contributed by atoms with Gasteiger partial charge < -0.3 is 9.47 Å². The van der Waals surface area contributed by atoms with Crippen LogP contribution in [-0.4, -0.2) is 20.6 Å². The Labute approximate surface area is 330 Å². The molecule has 2 atom stereocenters. The van der Waals surface area contributed by atoms with E-state index in [4.69, 9.17) is 9.97 Å². The second-order valence-electron chi connectivity index (χ2n) is 15.6. The van der Waals surface area contributed by atoms with Crippen molar-refractivity contribution in [3.63, 3.8) is 0 Å². The molecule has 2 unspecified atom stereocenters. The number of aromatic nitrogens is 3. The molecule has 0 saturated carbocycles. The molecule has 57 heavy (non-hydrogen) atoms. The maximum Gasteiger partial charge on any atom is 0.0963 e. The molecule has 3 aliphatic carbocycles. The highest BCUT2D eigenvalue weighted by molar-refractivity contribution is 6.07. The maximum atomic E-state index is 5.17. The molecule has 9 aromatic rings. The Kier molecular flexibility index (Phi) is 6.18.